The molecule has 8 aliphatic carbocycles. The van der Waals surface area contributed by atoms with E-state index in [0.29, 0.717) is 49.0 Å². The van der Waals surface area contributed by atoms with Crippen LogP contribution in [0.25, 0.3) is 0 Å². The van der Waals surface area contributed by atoms with Crippen molar-refractivity contribution in [3.8, 4) is 0 Å². The minimum absolute atomic E-state index is 0.00120. The molecule has 2 heterocycles. The number of hydrogen-bond donors (Lipinski definition) is 5. The summed E-state index contributed by atoms with van der Waals surface area (Å²) >= 11 is 0. The van der Waals surface area contributed by atoms with E-state index in [1.165, 1.54) is 38.5 Å². The zero-order chi connectivity index (χ0) is 44.4. The summed E-state index contributed by atoms with van der Waals surface area (Å²) in [5.41, 5.74) is 9.92. The minimum Gasteiger partial charge on any atom is -0.476 e. The molecule has 0 aromatic carbocycles. The molecule has 10 rings (SSSR count). The number of carboxylic acid groups (broad SMARTS) is 1. The van der Waals surface area contributed by atoms with Gasteiger partial charge in [-0.3, -0.25) is 23.7 Å². The third-order valence-electron chi connectivity index (χ3n) is 16.1. The number of rotatable bonds is 9. The van der Waals surface area contributed by atoms with Crippen LogP contribution in [0.15, 0.2) is 0 Å². The molecule has 6 unspecified atom stereocenters. The fraction of sp³-hybridized carbons (Fsp3) is 0.792. The summed E-state index contributed by atoms with van der Waals surface area (Å²) in [5, 5.41) is 42.6. The van der Waals surface area contributed by atoms with Crippen molar-refractivity contribution in [1.29, 1.82) is 0 Å². The van der Waals surface area contributed by atoms with Gasteiger partial charge in [-0.2, -0.15) is 10.2 Å². The Bertz CT molecular complexity index is 1950. The standard InChI is InChI=1S/C24H35N3O4.C14H20N2O3.C10H17NO2/c1-2-31-24(30)19-14-11-12-15(13-14)20(19)25-23(29)21-17-9-6-10-18(28)22(17)27(26-21)16-7-4-3-5-8-16;17-11-8-4-7-10-12(14(18)19)15-16(13(10)11)9-5-2-1-3-6-9;1-2-13-10(12)8-6-3-4-7(5-6)9(8)11/h14-16,18-20,28H,2-13H2,1H3,(H,25,29);9,11,17H,1-8H2,(H,18,19);6-9H,2-5,11H2,1H3/t14?,15?,18?,19-,20+;;6?,7?,8-,9+/m0.0/s1. The van der Waals surface area contributed by atoms with Crippen LogP contribution in [0, 0.1) is 35.5 Å². The summed E-state index contributed by atoms with van der Waals surface area (Å²) in [6.45, 7) is 4.51. The molecule has 6 fully saturated rings. The van der Waals surface area contributed by atoms with E-state index >= 15 is 0 Å². The molecule has 1 amide bonds. The molecule has 0 spiro atoms. The zero-order valence-corrected chi connectivity index (χ0v) is 37.6. The summed E-state index contributed by atoms with van der Waals surface area (Å²) in [4.78, 5) is 48.9. The number of nitrogens with one attached hydrogen (secondary N) is 1. The van der Waals surface area contributed by atoms with Crippen molar-refractivity contribution >= 4 is 23.8 Å². The topological polar surface area (TPSA) is 221 Å². The predicted octanol–water partition coefficient (Wildman–Crippen LogP) is 6.84. The number of ether oxygens (including phenoxy) is 2. The van der Waals surface area contributed by atoms with Crippen molar-refractivity contribution in [1.82, 2.24) is 24.9 Å². The molecule has 348 valence electrons. The highest BCUT2D eigenvalue weighted by atomic mass is 16.5. The molecule has 4 bridgehead atoms. The second-order valence-electron chi connectivity index (χ2n) is 19.8. The number of nitrogens with two attached hydrogens (primary N) is 1. The molecule has 0 radical (unpaired) electrons. The number of carbonyl (C=O) groups excluding carboxylic acids is 3. The number of nitrogens with zero attached hydrogens (tertiary/aromatic N) is 4. The van der Waals surface area contributed by atoms with E-state index in [2.05, 4.69) is 10.4 Å². The fourth-order valence-corrected chi connectivity index (χ4v) is 13.2. The average Bonchev–Trinajstić information content (AvgIpc) is 4.15. The van der Waals surface area contributed by atoms with Gasteiger partial charge >= 0.3 is 17.9 Å². The van der Waals surface area contributed by atoms with Gasteiger partial charge in [0.2, 0.25) is 0 Å². The monoisotopic (exact) mass is 877 g/mol. The highest BCUT2D eigenvalue weighted by molar-refractivity contribution is 5.95. The Morgan fingerprint density at radius 3 is 1.59 bits per heavy atom. The van der Waals surface area contributed by atoms with Gasteiger partial charge in [0, 0.05) is 23.2 Å². The molecular formula is C48H72N6O9. The number of aromatic nitrogens is 4. The second-order valence-corrected chi connectivity index (χ2v) is 19.8. The van der Waals surface area contributed by atoms with Crippen molar-refractivity contribution in [2.45, 2.75) is 191 Å². The summed E-state index contributed by atoms with van der Waals surface area (Å²) in [5.74, 6) is 0.0933. The van der Waals surface area contributed by atoms with Crippen LogP contribution in [-0.2, 0) is 31.9 Å². The maximum atomic E-state index is 13.5. The van der Waals surface area contributed by atoms with Gasteiger partial charge < -0.3 is 35.8 Å². The number of carboxylic acids is 1. The number of amides is 1. The van der Waals surface area contributed by atoms with Gasteiger partial charge in [-0.25, -0.2) is 4.79 Å². The minimum atomic E-state index is -0.972. The molecule has 2 aromatic rings. The Labute approximate surface area is 371 Å². The summed E-state index contributed by atoms with van der Waals surface area (Å²) < 4.78 is 14.2. The van der Waals surface area contributed by atoms with Crippen LogP contribution in [0.4, 0.5) is 0 Å². The predicted molar refractivity (Wildman–Crippen MR) is 233 cm³/mol. The lowest BCUT2D eigenvalue weighted by atomic mass is 9.84. The highest BCUT2D eigenvalue weighted by Gasteiger charge is 2.53. The van der Waals surface area contributed by atoms with Crippen molar-refractivity contribution in [2.24, 2.45) is 41.2 Å². The van der Waals surface area contributed by atoms with Crippen molar-refractivity contribution in [3.05, 3.63) is 33.9 Å². The van der Waals surface area contributed by atoms with E-state index in [4.69, 9.17) is 20.3 Å². The molecule has 10 atom stereocenters. The quantitative estimate of drug-likeness (QED) is 0.163. The molecule has 6 saturated carbocycles. The Hall–Kier alpha value is -3.82. The van der Waals surface area contributed by atoms with Crippen LogP contribution in [0.1, 0.15) is 210 Å². The molecule has 63 heavy (non-hydrogen) atoms. The molecule has 2 aromatic heterocycles. The largest absolute Gasteiger partial charge is 0.476 e. The number of aliphatic hydroxyl groups excluding tert-OH is 2. The first-order valence-corrected chi connectivity index (χ1v) is 24.7. The van der Waals surface area contributed by atoms with Gasteiger partial charge in [-0.15, -0.1) is 0 Å². The molecule has 8 aliphatic rings. The van der Waals surface area contributed by atoms with E-state index in [-0.39, 0.29) is 59.5 Å². The molecule has 0 aliphatic heterocycles. The molecule has 15 heteroatoms. The van der Waals surface area contributed by atoms with Crippen LogP contribution in [-0.4, -0.2) is 84.0 Å². The number of aromatic carboxylic acids is 1. The molecule has 0 saturated heterocycles. The first-order chi connectivity index (χ1) is 30.5. The summed E-state index contributed by atoms with van der Waals surface area (Å²) in [6, 6.07) is 0.432. The number of aliphatic hydroxyl groups is 2. The van der Waals surface area contributed by atoms with Crippen LogP contribution >= 0.6 is 0 Å². The normalized spacial score (nSPS) is 32.1. The average molecular weight is 877 g/mol. The first kappa shape index (κ1) is 45.7. The second kappa shape index (κ2) is 20.1. The lowest BCUT2D eigenvalue weighted by molar-refractivity contribution is -0.151. The van der Waals surface area contributed by atoms with Gasteiger partial charge in [0.15, 0.2) is 11.4 Å². The van der Waals surface area contributed by atoms with Crippen molar-refractivity contribution in [3.63, 3.8) is 0 Å². The smallest absolute Gasteiger partial charge is 0.356 e. The van der Waals surface area contributed by atoms with Crippen LogP contribution in [0.2, 0.25) is 0 Å². The zero-order valence-electron chi connectivity index (χ0n) is 37.6. The van der Waals surface area contributed by atoms with Gasteiger partial charge in [0.1, 0.15) is 0 Å². The van der Waals surface area contributed by atoms with Crippen LogP contribution in [0.3, 0.4) is 0 Å². The molecule has 15 nitrogen and oxygen atoms in total. The van der Waals surface area contributed by atoms with Crippen molar-refractivity contribution < 1.29 is 44.0 Å². The van der Waals surface area contributed by atoms with Gasteiger partial charge in [-0.05, 0) is 140 Å². The number of carbonyl (C=O) groups is 4. The lowest BCUT2D eigenvalue weighted by Gasteiger charge is -2.30. The Morgan fingerprint density at radius 2 is 1.08 bits per heavy atom. The highest BCUT2D eigenvalue weighted by Crippen LogP contribution is 2.50. The first-order valence-electron chi connectivity index (χ1n) is 24.7. The van der Waals surface area contributed by atoms with Crippen molar-refractivity contribution in [2.75, 3.05) is 13.2 Å². The van der Waals surface area contributed by atoms with E-state index in [1.807, 2.05) is 23.2 Å². The lowest BCUT2D eigenvalue weighted by Crippen LogP contribution is -2.47. The van der Waals surface area contributed by atoms with Gasteiger partial charge in [-0.1, -0.05) is 38.5 Å². The van der Waals surface area contributed by atoms with E-state index in [0.717, 1.165) is 119 Å². The van der Waals surface area contributed by atoms with Gasteiger partial charge in [0.25, 0.3) is 5.91 Å². The van der Waals surface area contributed by atoms with Gasteiger partial charge in [0.05, 0.1) is 60.7 Å². The Kier molecular flexibility index (Phi) is 14.6. The van der Waals surface area contributed by atoms with E-state index in [1.54, 1.807) is 0 Å². The maximum absolute atomic E-state index is 13.5. The van der Waals surface area contributed by atoms with E-state index < -0.39 is 18.2 Å². The van der Waals surface area contributed by atoms with Crippen LogP contribution < -0.4 is 11.1 Å². The fourth-order valence-electron chi connectivity index (χ4n) is 13.2. The summed E-state index contributed by atoms with van der Waals surface area (Å²) in [7, 11) is 0. The third-order valence-corrected chi connectivity index (χ3v) is 16.1. The number of hydrogen-bond acceptors (Lipinski definition) is 11. The third kappa shape index (κ3) is 9.34. The molecular weight excluding hydrogens is 805 g/mol. The molecule has 6 N–H and O–H groups in total. The number of fused-ring (bicyclic) bond motifs is 6. The SMILES string of the molecule is CCOC(=O)[C@H]1C2CCC(C2)[C@H]1N.CCOC(=O)[C@H]1C2CCC(C2)[C@H]1NC(=O)c1nn(C2CCCCC2)c2c1CCCC2O.O=C(O)c1nn(C2CCCCC2)c2c1CCCC2O. The summed E-state index contributed by atoms with van der Waals surface area (Å²) in [6.07, 6.45) is 21.5. The van der Waals surface area contributed by atoms with E-state index in [9.17, 15) is 34.5 Å². The maximum Gasteiger partial charge on any atom is 0.356 e. The number of esters is 2. The Morgan fingerprint density at radius 1 is 0.619 bits per heavy atom. The Balaban J connectivity index is 0.000000144. The van der Waals surface area contributed by atoms with Crippen LogP contribution in [0.5, 0.6) is 0 Å².